The number of rotatable bonds is 7. The number of carbonyl (C=O) groups excluding carboxylic acids is 1. The van der Waals surface area contributed by atoms with E-state index in [1.165, 1.54) is 4.31 Å². The third-order valence-corrected chi connectivity index (χ3v) is 6.65. The molecule has 7 heteroatoms. The number of nitrogens with zero attached hydrogens (tertiary/aromatic N) is 1. The van der Waals surface area contributed by atoms with Crippen LogP contribution in [0, 0.1) is 0 Å². The third-order valence-electron chi connectivity index (χ3n) is 4.77. The molecule has 1 aromatic rings. The maximum atomic E-state index is 12.5. The van der Waals surface area contributed by atoms with Gasteiger partial charge < -0.3 is 10.1 Å². The van der Waals surface area contributed by atoms with Crippen LogP contribution in [0.2, 0.25) is 0 Å². The Bertz CT molecular complexity index is 710. The van der Waals surface area contributed by atoms with Crippen LogP contribution in [0.25, 0.3) is 0 Å². The van der Waals surface area contributed by atoms with Crippen LogP contribution in [-0.2, 0) is 14.8 Å². The lowest BCUT2D eigenvalue weighted by molar-refractivity contribution is -0.128. The predicted octanol–water partition coefficient (Wildman–Crippen LogP) is 2.51. The molecule has 1 N–H and O–H groups in total. The number of benzene rings is 1. The molecule has 1 aliphatic rings. The Hall–Kier alpha value is -1.60. The number of sulfonamides is 1. The maximum absolute atomic E-state index is 12.5. The molecule has 1 saturated heterocycles. The first kappa shape index (κ1) is 20.7. The largest absolute Gasteiger partial charge is 0.481 e. The summed E-state index contributed by atoms with van der Waals surface area (Å²) >= 11 is 0. The minimum atomic E-state index is -3.15. The Balaban J connectivity index is 1.89. The first-order valence-electron chi connectivity index (χ1n) is 9.28. The van der Waals surface area contributed by atoms with E-state index in [0.29, 0.717) is 31.8 Å². The van der Waals surface area contributed by atoms with Crippen molar-refractivity contribution in [3.8, 4) is 5.75 Å². The summed E-state index contributed by atoms with van der Waals surface area (Å²) in [4.78, 5) is 12.5. The number of ether oxygens (including phenoxy) is 1. The second-order valence-corrected chi connectivity index (χ2v) is 9.29. The average Bonchev–Trinajstić information content (AvgIpc) is 2.62. The molecule has 146 valence electrons. The van der Waals surface area contributed by atoms with Crippen LogP contribution in [0.1, 0.15) is 52.0 Å². The molecule has 2 rings (SSSR count). The van der Waals surface area contributed by atoms with Crippen LogP contribution in [0.5, 0.6) is 5.75 Å². The van der Waals surface area contributed by atoms with Gasteiger partial charge in [0.2, 0.25) is 10.0 Å². The molecule has 26 heavy (non-hydrogen) atoms. The molecule has 1 unspecified atom stereocenters. The molecule has 0 saturated carbocycles. The minimum Gasteiger partial charge on any atom is -0.481 e. The van der Waals surface area contributed by atoms with Gasteiger partial charge in [-0.05, 0) is 44.2 Å². The Morgan fingerprint density at radius 1 is 1.23 bits per heavy atom. The molecule has 6 nitrogen and oxygen atoms in total. The SMILES string of the molecule is CCS(=O)(=O)N1CCC(NC(=O)C(C)Oc2ccccc2C(C)C)CC1. The molecule has 1 amide bonds. The average molecular weight is 383 g/mol. The van der Waals surface area contributed by atoms with E-state index in [4.69, 9.17) is 4.74 Å². The van der Waals surface area contributed by atoms with Gasteiger partial charge in [0.05, 0.1) is 5.75 Å². The minimum absolute atomic E-state index is 0.0165. The van der Waals surface area contributed by atoms with Crippen molar-refractivity contribution in [2.24, 2.45) is 0 Å². The molecule has 1 aliphatic heterocycles. The van der Waals surface area contributed by atoms with E-state index in [1.807, 2.05) is 24.3 Å². The Morgan fingerprint density at radius 3 is 2.42 bits per heavy atom. The highest BCUT2D eigenvalue weighted by molar-refractivity contribution is 7.89. The topological polar surface area (TPSA) is 75.7 Å². The zero-order chi connectivity index (χ0) is 19.3. The van der Waals surface area contributed by atoms with E-state index >= 15 is 0 Å². The van der Waals surface area contributed by atoms with E-state index in [1.54, 1.807) is 13.8 Å². The van der Waals surface area contributed by atoms with Crippen molar-refractivity contribution in [3.05, 3.63) is 29.8 Å². The highest BCUT2D eigenvalue weighted by Crippen LogP contribution is 2.26. The summed E-state index contributed by atoms with van der Waals surface area (Å²) in [6.07, 6.45) is 0.646. The highest BCUT2D eigenvalue weighted by atomic mass is 32.2. The van der Waals surface area contributed by atoms with Gasteiger partial charge in [0.15, 0.2) is 6.10 Å². The van der Waals surface area contributed by atoms with Gasteiger partial charge in [-0.15, -0.1) is 0 Å². The van der Waals surface area contributed by atoms with Crippen molar-refractivity contribution < 1.29 is 17.9 Å². The van der Waals surface area contributed by atoms with Gasteiger partial charge in [-0.1, -0.05) is 32.0 Å². The van der Waals surface area contributed by atoms with Gasteiger partial charge in [0.25, 0.3) is 5.91 Å². The number of piperidine rings is 1. The van der Waals surface area contributed by atoms with Crippen LogP contribution in [-0.4, -0.2) is 49.6 Å². The fourth-order valence-electron chi connectivity index (χ4n) is 3.09. The molecule has 1 atom stereocenters. The van der Waals surface area contributed by atoms with Gasteiger partial charge in [-0.25, -0.2) is 12.7 Å². The summed E-state index contributed by atoms with van der Waals surface area (Å²) in [5, 5.41) is 2.99. The van der Waals surface area contributed by atoms with Gasteiger partial charge in [-0.2, -0.15) is 0 Å². The van der Waals surface area contributed by atoms with Crippen molar-refractivity contribution in [1.82, 2.24) is 9.62 Å². The normalized spacial score (nSPS) is 17.9. The lowest BCUT2D eigenvalue weighted by Gasteiger charge is -2.32. The quantitative estimate of drug-likeness (QED) is 0.786. The van der Waals surface area contributed by atoms with Crippen molar-refractivity contribution >= 4 is 15.9 Å². The monoisotopic (exact) mass is 382 g/mol. The van der Waals surface area contributed by atoms with Crippen LogP contribution < -0.4 is 10.1 Å². The summed E-state index contributed by atoms with van der Waals surface area (Å²) in [5.74, 6) is 0.991. The van der Waals surface area contributed by atoms with Crippen LogP contribution in [0.15, 0.2) is 24.3 Å². The first-order valence-corrected chi connectivity index (χ1v) is 10.9. The molecule has 1 heterocycles. The summed E-state index contributed by atoms with van der Waals surface area (Å²) in [6, 6.07) is 7.74. The van der Waals surface area contributed by atoms with Crippen molar-refractivity contribution in [2.75, 3.05) is 18.8 Å². The van der Waals surface area contributed by atoms with Gasteiger partial charge in [0.1, 0.15) is 5.75 Å². The molecular weight excluding hydrogens is 352 g/mol. The molecule has 0 spiro atoms. The molecular formula is C19H30N2O4S. The molecule has 0 aliphatic carbocycles. The lowest BCUT2D eigenvalue weighted by Crippen LogP contribution is -2.49. The second-order valence-electron chi connectivity index (χ2n) is 7.04. The zero-order valence-electron chi connectivity index (χ0n) is 16.1. The van der Waals surface area contributed by atoms with Crippen molar-refractivity contribution in [1.29, 1.82) is 0 Å². The van der Waals surface area contributed by atoms with E-state index < -0.39 is 16.1 Å². The smallest absolute Gasteiger partial charge is 0.260 e. The van der Waals surface area contributed by atoms with E-state index in [-0.39, 0.29) is 17.7 Å². The predicted molar refractivity (Wildman–Crippen MR) is 103 cm³/mol. The van der Waals surface area contributed by atoms with Crippen LogP contribution in [0.4, 0.5) is 0 Å². The number of para-hydroxylation sites is 1. The molecule has 1 fully saturated rings. The summed E-state index contributed by atoms with van der Waals surface area (Å²) in [5.41, 5.74) is 1.07. The van der Waals surface area contributed by atoms with Gasteiger partial charge >= 0.3 is 0 Å². The molecule has 0 aromatic heterocycles. The molecule has 1 aromatic carbocycles. The van der Waals surface area contributed by atoms with E-state index in [2.05, 4.69) is 19.2 Å². The van der Waals surface area contributed by atoms with E-state index in [0.717, 1.165) is 11.3 Å². The molecule has 0 bridgehead atoms. The van der Waals surface area contributed by atoms with Crippen molar-refractivity contribution in [2.45, 2.75) is 58.6 Å². The zero-order valence-corrected chi connectivity index (χ0v) is 16.9. The lowest BCUT2D eigenvalue weighted by atomic mass is 10.0. The Labute approximate surface area is 157 Å². The van der Waals surface area contributed by atoms with Crippen LogP contribution >= 0.6 is 0 Å². The van der Waals surface area contributed by atoms with Crippen molar-refractivity contribution in [3.63, 3.8) is 0 Å². The van der Waals surface area contributed by atoms with Crippen LogP contribution in [0.3, 0.4) is 0 Å². The highest BCUT2D eigenvalue weighted by Gasteiger charge is 2.28. The first-order chi connectivity index (χ1) is 12.2. The third kappa shape index (κ3) is 5.20. The number of hydrogen-bond donors (Lipinski definition) is 1. The fraction of sp³-hybridized carbons (Fsp3) is 0.632. The number of carbonyl (C=O) groups is 1. The number of amides is 1. The number of nitrogens with one attached hydrogen (secondary N) is 1. The van der Waals surface area contributed by atoms with Gasteiger partial charge in [-0.3, -0.25) is 4.79 Å². The standard InChI is InChI=1S/C19H30N2O4S/c1-5-26(23,24)21-12-10-16(11-13-21)20-19(22)15(4)25-18-9-7-6-8-17(18)14(2)3/h6-9,14-16H,5,10-13H2,1-4H3,(H,20,22). The number of hydrogen-bond acceptors (Lipinski definition) is 4. The fourth-order valence-corrected chi connectivity index (χ4v) is 4.22. The Kier molecular flexibility index (Phi) is 7.06. The summed E-state index contributed by atoms with van der Waals surface area (Å²) in [7, 11) is -3.15. The maximum Gasteiger partial charge on any atom is 0.260 e. The Morgan fingerprint density at radius 2 is 1.85 bits per heavy atom. The van der Waals surface area contributed by atoms with Gasteiger partial charge in [0, 0.05) is 19.1 Å². The second kappa shape index (κ2) is 8.86. The molecule has 0 radical (unpaired) electrons. The summed E-state index contributed by atoms with van der Waals surface area (Å²) < 4.78 is 31.2. The summed E-state index contributed by atoms with van der Waals surface area (Å²) in [6.45, 7) is 8.47. The van der Waals surface area contributed by atoms with E-state index in [9.17, 15) is 13.2 Å².